The van der Waals surface area contributed by atoms with Crippen LogP contribution in [0.15, 0.2) is 6.20 Å². The van der Waals surface area contributed by atoms with Crippen LogP contribution in [-0.2, 0) is 11.3 Å². The summed E-state index contributed by atoms with van der Waals surface area (Å²) in [5, 5.41) is 3.82. The highest BCUT2D eigenvalue weighted by molar-refractivity contribution is 6.32. The second-order valence-corrected chi connectivity index (χ2v) is 4.41. The van der Waals surface area contributed by atoms with Crippen LogP contribution in [0.3, 0.4) is 0 Å². The van der Waals surface area contributed by atoms with Crippen LogP contribution in [0, 0.1) is 0 Å². The monoisotopic (exact) mass is 297 g/mol. The number of nitrogens with one attached hydrogen (secondary N) is 1. The molecule has 0 unspecified atom stereocenters. The highest BCUT2D eigenvalue weighted by Gasteiger charge is 2.14. The van der Waals surface area contributed by atoms with Crippen molar-refractivity contribution in [3.05, 3.63) is 22.2 Å². The quantitative estimate of drug-likeness (QED) is 0.688. The fraction of sp³-hybridized carbons (Fsp3) is 0.600. The standard InChI is InChI=1S/C10H13Cl2N3O.ClH/c11-9-7(5-14-10(12)15-9)6-16-8-1-3-13-4-2-8;/h5,8,13H,1-4,6H2;1H. The Bertz CT molecular complexity index is 359. The minimum absolute atomic E-state index is 0. The van der Waals surface area contributed by atoms with Crippen molar-refractivity contribution < 1.29 is 4.74 Å². The normalized spacial score (nSPS) is 16.6. The lowest BCUT2D eigenvalue weighted by atomic mass is 10.1. The number of ether oxygens (including phenoxy) is 1. The molecule has 0 atom stereocenters. The summed E-state index contributed by atoms with van der Waals surface area (Å²) < 4.78 is 5.74. The molecule has 1 aliphatic rings. The van der Waals surface area contributed by atoms with Gasteiger partial charge in [0.15, 0.2) is 0 Å². The molecule has 1 aromatic rings. The molecule has 4 nitrogen and oxygen atoms in total. The largest absolute Gasteiger partial charge is 0.373 e. The number of halogens is 3. The van der Waals surface area contributed by atoms with E-state index in [-0.39, 0.29) is 17.7 Å². The second kappa shape index (κ2) is 7.34. The molecule has 0 aromatic carbocycles. The number of rotatable bonds is 3. The van der Waals surface area contributed by atoms with Crippen LogP contribution in [0.4, 0.5) is 0 Å². The molecule has 1 saturated heterocycles. The minimum atomic E-state index is 0. The van der Waals surface area contributed by atoms with E-state index in [9.17, 15) is 0 Å². The first kappa shape index (κ1) is 14.9. The van der Waals surface area contributed by atoms with Gasteiger partial charge >= 0.3 is 0 Å². The summed E-state index contributed by atoms with van der Waals surface area (Å²) >= 11 is 11.5. The van der Waals surface area contributed by atoms with Gasteiger partial charge in [0.2, 0.25) is 5.28 Å². The maximum Gasteiger partial charge on any atom is 0.223 e. The SMILES string of the molecule is Cl.Clc1ncc(COC2CCNCC2)c(Cl)n1. The van der Waals surface area contributed by atoms with Crippen molar-refractivity contribution in [2.24, 2.45) is 0 Å². The zero-order valence-electron chi connectivity index (χ0n) is 9.16. The molecule has 0 bridgehead atoms. The van der Waals surface area contributed by atoms with Crippen molar-refractivity contribution in [3.63, 3.8) is 0 Å². The first-order chi connectivity index (χ1) is 7.75. The number of nitrogens with zero attached hydrogens (tertiary/aromatic N) is 2. The molecule has 0 aliphatic carbocycles. The third-order valence-electron chi connectivity index (χ3n) is 2.54. The van der Waals surface area contributed by atoms with E-state index in [1.807, 2.05) is 0 Å². The Balaban J connectivity index is 0.00000144. The first-order valence-corrected chi connectivity index (χ1v) is 6.00. The van der Waals surface area contributed by atoms with Crippen LogP contribution in [-0.4, -0.2) is 29.2 Å². The van der Waals surface area contributed by atoms with Crippen LogP contribution in [0.2, 0.25) is 10.4 Å². The lowest BCUT2D eigenvalue weighted by Gasteiger charge is -2.22. The molecule has 7 heteroatoms. The predicted octanol–water partition coefficient (Wildman–Crippen LogP) is 2.47. The van der Waals surface area contributed by atoms with Gasteiger partial charge in [-0.2, -0.15) is 0 Å². The van der Waals surface area contributed by atoms with E-state index in [4.69, 9.17) is 27.9 Å². The van der Waals surface area contributed by atoms with Crippen molar-refractivity contribution in [2.75, 3.05) is 13.1 Å². The van der Waals surface area contributed by atoms with Crippen LogP contribution in [0.1, 0.15) is 18.4 Å². The predicted molar refractivity (Wildman–Crippen MR) is 70.0 cm³/mol. The Morgan fingerprint density at radius 2 is 2.06 bits per heavy atom. The molecule has 0 amide bonds. The van der Waals surface area contributed by atoms with Gasteiger partial charge in [-0.3, -0.25) is 0 Å². The van der Waals surface area contributed by atoms with Crippen molar-refractivity contribution in [1.29, 1.82) is 0 Å². The van der Waals surface area contributed by atoms with Gasteiger partial charge in [-0.25, -0.2) is 9.97 Å². The van der Waals surface area contributed by atoms with E-state index < -0.39 is 0 Å². The van der Waals surface area contributed by atoms with Crippen molar-refractivity contribution in [2.45, 2.75) is 25.6 Å². The molecule has 0 saturated carbocycles. The average molecular weight is 299 g/mol. The van der Waals surface area contributed by atoms with Gasteiger partial charge in [0, 0.05) is 11.8 Å². The zero-order valence-corrected chi connectivity index (χ0v) is 11.5. The highest BCUT2D eigenvalue weighted by atomic mass is 35.5. The summed E-state index contributed by atoms with van der Waals surface area (Å²) in [6.07, 6.45) is 3.98. The maximum atomic E-state index is 5.92. The van der Waals surface area contributed by atoms with E-state index in [1.54, 1.807) is 6.20 Å². The molecule has 17 heavy (non-hydrogen) atoms. The minimum Gasteiger partial charge on any atom is -0.373 e. The molecule has 0 spiro atoms. The summed E-state index contributed by atoms with van der Waals surface area (Å²) in [5.74, 6) is 0. The molecular formula is C10H14Cl3N3O. The van der Waals surface area contributed by atoms with Gasteiger partial charge < -0.3 is 10.1 Å². The number of aromatic nitrogens is 2. The van der Waals surface area contributed by atoms with Crippen LogP contribution in [0.5, 0.6) is 0 Å². The molecule has 1 fully saturated rings. The smallest absolute Gasteiger partial charge is 0.223 e. The van der Waals surface area contributed by atoms with Crippen LogP contribution < -0.4 is 5.32 Å². The Kier molecular flexibility index (Phi) is 6.44. The molecule has 2 heterocycles. The molecule has 1 N–H and O–H groups in total. The summed E-state index contributed by atoms with van der Waals surface area (Å²) in [6, 6.07) is 0. The van der Waals surface area contributed by atoms with Crippen LogP contribution >= 0.6 is 35.6 Å². The van der Waals surface area contributed by atoms with Crippen molar-refractivity contribution in [1.82, 2.24) is 15.3 Å². The molecular weight excluding hydrogens is 284 g/mol. The summed E-state index contributed by atoms with van der Waals surface area (Å²) in [7, 11) is 0. The number of piperidine rings is 1. The average Bonchev–Trinajstić information content (AvgIpc) is 2.29. The van der Waals surface area contributed by atoms with E-state index >= 15 is 0 Å². The van der Waals surface area contributed by atoms with E-state index in [2.05, 4.69) is 15.3 Å². The Morgan fingerprint density at radius 1 is 1.35 bits per heavy atom. The summed E-state index contributed by atoms with van der Waals surface area (Å²) in [5.41, 5.74) is 0.782. The van der Waals surface area contributed by atoms with Gasteiger partial charge in [-0.05, 0) is 37.5 Å². The first-order valence-electron chi connectivity index (χ1n) is 5.25. The Labute approximate surface area is 116 Å². The van der Waals surface area contributed by atoms with E-state index in [0.717, 1.165) is 31.5 Å². The van der Waals surface area contributed by atoms with Gasteiger partial charge in [0.05, 0.1) is 12.7 Å². The van der Waals surface area contributed by atoms with Gasteiger partial charge in [0.1, 0.15) is 5.15 Å². The lowest BCUT2D eigenvalue weighted by Crippen LogP contribution is -2.32. The lowest BCUT2D eigenvalue weighted by molar-refractivity contribution is 0.0210. The summed E-state index contributed by atoms with van der Waals surface area (Å²) in [4.78, 5) is 7.75. The van der Waals surface area contributed by atoms with Crippen molar-refractivity contribution >= 4 is 35.6 Å². The zero-order chi connectivity index (χ0) is 11.4. The highest BCUT2D eigenvalue weighted by Crippen LogP contribution is 2.17. The molecule has 0 radical (unpaired) electrons. The third-order valence-corrected chi connectivity index (χ3v) is 3.05. The molecule has 96 valence electrons. The summed E-state index contributed by atoms with van der Waals surface area (Å²) in [6.45, 7) is 2.46. The fourth-order valence-electron chi connectivity index (χ4n) is 1.63. The van der Waals surface area contributed by atoms with Gasteiger partial charge in [0.25, 0.3) is 0 Å². The van der Waals surface area contributed by atoms with Crippen molar-refractivity contribution in [3.8, 4) is 0 Å². The molecule has 2 rings (SSSR count). The Morgan fingerprint density at radius 3 is 2.71 bits per heavy atom. The number of hydrogen-bond donors (Lipinski definition) is 1. The fourth-order valence-corrected chi connectivity index (χ4v) is 1.99. The van der Waals surface area contributed by atoms with Gasteiger partial charge in [-0.1, -0.05) is 11.6 Å². The Hall–Kier alpha value is -0.130. The number of hydrogen-bond acceptors (Lipinski definition) is 4. The molecule has 1 aromatic heterocycles. The van der Waals surface area contributed by atoms with Gasteiger partial charge in [-0.15, -0.1) is 12.4 Å². The van der Waals surface area contributed by atoms with Crippen LogP contribution in [0.25, 0.3) is 0 Å². The maximum absolute atomic E-state index is 5.92. The third kappa shape index (κ3) is 4.56. The van der Waals surface area contributed by atoms with E-state index in [0.29, 0.717) is 17.9 Å². The second-order valence-electron chi connectivity index (χ2n) is 3.72. The topological polar surface area (TPSA) is 47.0 Å². The van der Waals surface area contributed by atoms with E-state index in [1.165, 1.54) is 0 Å². The molecule has 1 aliphatic heterocycles.